The minimum Gasteiger partial charge on any atom is -0.494 e. The van der Waals surface area contributed by atoms with Crippen LogP contribution in [0.3, 0.4) is 0 Å². The van der Waals surface area contributed by atoms with E-state index in [1.54, 1.807) is 6.07 Å². The van der Waals surface area contributed by atoms with Gasteiger partial charge >= 0.3 is 0 Å². The lowest BCUT2D eigenvalue weighted by Crippen LogP contribution is -2.47. The van der Waals surface area contributed by atoms with Gasteiger partial charge < -0.3 is 19.9 Å². The number of hydrogen-bond donors (Lipinski definition) is 1. The van der Waals surface area contributed by atoms with Gasteiger partial charge in [-0.3, -0.25) is 0 Å². The maximum atomic E-state index is 13.4. The van der Waals surface area contributed by atoms with Gasteiger partial charge in [-0.25, -0.2) is 4.39 Å². The average molecular weight is 364 g/mol. The molecule has 0 unspecified atom stereocenters. The van der Waals surface area contributed by atoms with Gasteiger partial charge in [-0.1, -0.05) is 6.07 Å². The van der Waals surface area contributed by atoms with Crippen LogP contribution in [0.1, 0.15) is 37.7 Å². The molecule has 2 fully saturated rings. The number of piperidine rings is 2. The number of likely N-dealkylation sites (tertiary alicyclic amines) is 2. The first-order chi connectivity index (χ1) is 12.7. The molecular formula is C21H34FN3O. The lowest BCUT2D eigenvalue weighted by atomic mass is 9.91. The Hall–Kier alpha value is -1.17. The molecule has 0 amide bonds. The fraction of sp³-hybridized carbons (Fsp3) is 0.714. The topological polar surface area (TPSA) is 27.7 Å². The summed E-state index contributed by atoms with van der Waals surface area (Å²) in [5.74, 6) is 0.867. The van der Waals surface area contributed by atoms with Crippen LogP contribution in [0.15, 0.2) is 18.2 Å². The van der Waals surface area contributed by atoms with E-state index in [2.05, 4.69) is 22.2 Å². The summed E-state index contributed by atoms with van der Waals surface area (Å²) in [5, 5.41) is 3.50. The highest BCUT2D eigenvalue weighted by Gasteiger charge is 2.27. The molecule has 5 heteroatoms. The van der Waals surface area contributed by atoms with Gasteiger partial charge in [-0.15, -0.1) is 0 Å². The molecule has 4 nitrogen and oxygen atoms in total. The average Bonchev–Trinajstić information content (AvgIpc) is 2.67. The smallest absolute Gasteiger partial charge is 0.165 e. The third-order valence-electron chi connectivity index (χ3n) is 6.13. The molecule has 146 valence electrons. The normalized spacial score (nSPS) is 21.2. The van der Waals surface area contributed by atoms with Gasteiger partial charge in [0.2, 0.25) is 0 Å². The Bertz CT molecular complexity index is 552. The Balaban J connectivity index is 1.32. The third kappa shape index (κ3) is 5.41. The number of halogens is 1. The standard InChI is InChI=1S/C21H34FN3O/c1-24-11-8-19(9-12-24)25-13-6-17(7-14-25)5-10-23-16-18-3-4-20(22)21(15-18)26-2/h3-4,15,17,19,23H,5-14,16H2,1-2H3. The Morgan fingerprint density at radius 1 is 1.12 bits per heavy atom. The van der Waals surface area contributed by atoms with Crippen LogP contribution in [0, 0.1) is 11.7 Å². The quantitative estimate of drug-likeness (QED) is 0.754. The van der Waals surface area contributed by atoms with Crippen LogP contribution < -0.4 is 10.1 Å². The van der Waals surface area contributed by atoms with Crippen LogP contribution in [-0.2, 0) is 6.54 Å². The van der Waals surface area contributed by atoms with Crippen LogP contribution in [0.2, 0.25) is 0 Å². The van der Waals surface area contributed by atoms with Crippen molar-refractivity contribution < 1.29 is 9.13 Å². The summed E-state index contributed by atoms with van der Waals surface area (Å²) in [6.45, 7) is 6.84. The molecule has 0 aromatic heterocycles. The second-order valence-electron chi connectivity index (χ2n) is 7.95. The van der Waals surface area contributed by atoms with Crippen molar-refractivity contribution in [1.29, 1.82) is 0 Å². The first-order valence-electron chi connectivity index (χ1n) is 10.1. The molecule has 2 aliphatic heterocycles. The summed E-state index contributed by atoms with van der Waals surface area (Å²) in [6, 6.07) is 5.90. The van der Waals surface area contributed by atoms with Crippen LogP contribution in [0.5, 0.6) is 5.75 Å². The van der Waals surface area contributed by atoms with Crippen molar-refractivity contribution in [2.24, 2.45) is 5.92 Å². The van der Waals surface area contributed by atoms with Crippen molar-refractivity contribution in [1.82, 2.24) is 15.1 Å². The zero-order valence-corrected chi connectivity index (χ0v) is 16.3. The molecule has 2 aliphatic rings. The van der Waals surface area contributed by atoms with Crippen molar-refractivity contribution >= 4 is 0 Å². The molecule has 0 aliphatic carbocycles. The fourth-order valence-corrected chi connectivity index (χ4v) is 4.32. The molecule has 1 aromatic carbocycles. The number of nitrogens with zero attached hydrogens (tertiary/aromatic N) is 2. The molecule has 0 atom stereocenters. The van der Waals surface area contributed by atoms with Gasteiger partial charge in [0.25, 0.3) is 0 Å². The van der Waals surface area contributed by atoms with Crippen LogP contribution in [0.4, 0.5) is 4.39 Å². The van der Waals surface area contributed by atoms with Crippen molar-refractivity contribution in [3.8, 4) is 5.75 Å². The minimum atomic E-state index is -0.298. The zero-order chi connectivity index (χ0) is 18.4. The highest BCUT2D eigenvalue weighted by atomic mass is 19.1. The first-order valence-corrected chi connectivity index (χ1v) is 10.1. The minimum absolute atomic E-state index is 0.298. The van der Waals surface area contributed by atoms with E-state index in [0.717, 1.165) is 30.6 Å². The predicted molar refractivity (Wildman–Crippen MR) is 104 cm³/mol. The third-order valence-corrected chi connectivity index (χ3v) is 6.13. The number of nitrogens with one attached hydrogen (secondary N) is 1. The van der Waals surface area contributed by atoms with Gasteiger partial charge in [0.15, 0.2) is 11.6 Å². The van der Waals surface area contributed by atoms with E-state index in [1.165, 1.54) is 71.5 Å². The molecule has 0 saturated carbocycles. The van der Waals surface area contributed by atoms with Crippen LogP contribution >= 0.6 is 0 Å². The Labute approximate surface area is 157 Å². The Morgan fingerprint density at radius 3 is 2.54 bits per heavy atom. The number of ether oxygens (including phenoxy) is 1. The Morgan fingerprint density at radius 2 is 1.85 bits per heavy atom. The molecule has 0 spiro atoms. The van der Waals surface area contributed by atoms with E-state index in [0.29, 0.717) is 5.75 Å². The maximum Gasteiger partial charge on any atom is 0.165 e. The summed E-state index contributed by atoms with van der Waals surface area (Å²) in [5.41, 5.74) is 1.07. The monoisotopic (exact) mass is 363 g/mol. The highest BCUT2D eigenvalue weighted by molar-refractivity contribution is 5.30. The molecule has 3 rings (SSSR count). The number of methoxy groups -OCH3 is 1. The number of hydrogen-bond acceptors (Lipinski definition) is 4. The SMILES string of the molecule is COc1cc(CNCCC2CCN(C3CCN(C)CC3)CC2)ccc1F. The molecule has 2 saturated heterocycles. The molecule has 26 heavy (non-hydrogen) atoms. The highest BCUT2D eigenvalue weighted by Crippen LogP contribution is 2.25. The van der Waals surface area contributed by atoms with E-state index < -0.39 is 0 Å². The van der Waals surface area contributed by atoms with Crippen molar-refractivity contribution in [3.63, 3.8) is 0 Å². The zero-order valence-electron chi connectivity index (χ0n) is 16.3. The van der Waals surface area contributed by atoms with E-state index in [4.69, 9.17) is 4.74 Å². The first kappa shape index (κ1) is 19.6. The summed E-state index contributed by atoms with van der Waals surface area (Å²) in [7, 11) is 3.74. The second-order valence-corrected chi connectivity index (χ2v) is 7.95. The summed E-state index contributed by atoms with van der Waals surface area (Å²) >= 11 is 0. The predicted octanol–water partition coefficient (Wildman–Crippen LogP) is 3.12. The second kappa shape index (κ2) is 9.67. The van der Waals surface area contributed by atoms with Crippen LogP contribution in [0.25, 0.3) is 0 Å². The van der Waals surface area contributed by atoms with E-state index in [1.807, 2.05) is 6.07 Å². The van der Waals surface area contributed by atoms with E-state index in [-0.39, 0.29) is 5.82 Å². The largest absolute Gasteiger partial charge is 0.494 e. The molecule has 0 radical (unpaired) electrons. The van der Waals surface area contributed by atoms with Crippen molar-refractivity contribution in [2.75, 3.05) is 46.9 Å². The number of benzene rings is 1. The lowest BCUT2D eigenvalue weighted by molar-refractivity contribution is 0.0838. The molecule has 2 heterocycles. The van der Waals surface area contributed by atoms with E-state index in [9.17, 15) is 4.39 Å². The van der Waals surface area contributed by atoms with Gasteiger partial charge in [0, 0.05) is 12.6 Å². The number of rotatable bonds is 7. The molecule has 0 bridgehead atoms. The summed E-state index contributed by atoms with van der Waals surface area (Å²) in [6.07, 6.45) is 6.57. The maximum absolute atomic E-state index is 13.4. The van der Waals surface area contributed by atoms with Gasteiger partial charge in [0.05, 0.1) is 7.11 Å². The molecule has 1 aromatic rings. The summed E-state index contributed by atoms with van der Waals surface area (Å²) < 4.78 is 18.5. The van der Waals surface area contributed by atoms with Crippen molar-refractivity contribution in [2.45, 2.75) is 44.7 Å². The van der Waals surface area contributed by atoms with Gasteiger partial charge in [-0.05, 0) is 95.5 Å². The fourth-order valence-electron chi connectivity index (χ4n) is 4.32. The molecular weight excluding hydrogens is 329 g/mol. The van der Waals surface area contributed by atoms with Crippen LogP contribution in [-0.4, -0.2) is 62.7 Å². The Kier molecular flexibility index (Phi) is 7.29. The van der Waals surface area contributed by atoms with E-state index >= 15 is 0 Å². The van der Waals surface area contributed by atoms with Gasteiger partial charge in [-0.2, -0.15) is 0 Å². The lowest BCUT2D eigenvalue weighted by Gasteiger charge is -2.41. The molecule has 1 N–H and O–H groups in total. The summed E-state index contributed by atoms with van der Waals surface area (Å²) in [4.78, 5) is 5.19. The van der Waals surface area contributed by atoms with Crippen molar-refractivity contribution in [3.05, 3.63) is 29.6 Å². The van der Waals surface area contributed by atoms with Gasteiger partial charge in [0.1, 0.15) is 0 Å².